The van der Waals surface area contributed by atoms with E-state index in [-0.39, 0.29) is 28.5 Å². The molecule has 3 fully saturated rings. The molecule has 1 amide bonds. The lowest BCUT2D eigenvalue weighted by Gasteiger charge is -2.37. The number of fused-ring (bicyclic) bond motifs is 1. The molecule has 8 heteroatoms. The van der Waals surface area contributed by atoms with E-state index < -0.39 is 16.1 Å². The summed E-state index contributed by atoms with van der Waals surface area (Å²) in [5.74, 6) is 0.168. The number of hydrogen-bond donors (Lipinski definition) is 0. The summed E-state index contributed by atoms with van der Waals surface area (Å²) < 4.78 is 28.9. The number of benzene rings is 1. The highest BCUT2D eigenvalue weighted by Gasteiger charge is 2.72. The number of amides is 1. The number of carbonyl (C=O) groups is 1. The van der Waals surface area contributed by atoms with Crippen molar-refractivity contribution < 1.29 is 13.2 Å². The van der Waals surface area contributed by atoms with Crippen LogP contribution < -0.4 is 0 Å². The molecule has 4 atom stereocenters. The van der Waals surface area contributed by atoms with E-state index in [0.717, 1.165) is 34.8 Å². The Morgan fingerprint density at radius 2 is 2.00 bits per heavy atom. The van der Waals surface area contributed by atoms with Crippen LogP contribution in [-0.2, 0) is 21.2 Å². The summed E-state index contributed by atoms with van der Waals surface area (Å²) in [6.07, 6.45) is 8.68. The fraction of sp³-hybridized carbons (Fsp3) is 0.583. The van der Waals surface area contributed by atoms with E-state index in [4.69, 9.17) is 4.99 Å². The third-order valence-electron chi connectivity index (χ3n) is 8.21. The molecule has 5 nitrogen and oxygen atoms in total. The molecule has 1 aromatic rings. The molecule has 1 spiro atoms. The molecule has 0 radical (unpaired) electrons. The third-order valence-corrected chi connectivity index (χ3v) is 12.0. The van der Waals surface area contributed by atoms with Crippen molar-refractivity contribution in [2.24, 2.45) is 21.7 Å². The van der Waals surface area contributed by atoms with Crippen molar-refractivity contribution in [1.29, 1.82) is 0 Å². The van der Waals surface area contributed by atoms with Crippen molar-refractivity contribution in [3.05, 3.63) is 42.0 Å². The van der Waals surface area contributed by atoms with Gasteiger partial charge >= 0.3 is 0 Å². The molecule has 1 heterocycles. The van der Waals surface area contributed by atoms with Gasteiger partial charge in [-0.3, -0.25) is 9.79 Å². The summed E-state index contributed by atoms with van der Waals surface area (Å²) in [7, 11) is -3.68. The van der Waals surface area contributed by atoms with Crippen molar-refractivity contribution in [2.75, 3.05) is 18.3 Å². The highest BCUT2D eigenvalue weighted by Crippen LogP contribution is 2.70. The first-order valence-electron chi connectivity index (χ1n) is 11.0. The second-order valence-corrected chi connectivity index (χ2v) is 13.4. The summed E-state index contributed by atoms with van der Waals surface area (Å²) >= 11 is 2.96. The van der Waals surface area contributed by atoms with Gasteiger partial charge in [-0.25, -0.2) is 12.7 Å². The first kappa shape index (κ1) is 23.9. The van der Waals surface area contributed by atoms with Crippen LogP contribution in [-0.4, -0.2) is 53.4 Å². The van der Waals surface area contributed by atoms with Crippen LogP contribution in [0.5, 0.6) is 0 Å². The van der Waals surface area contributed by atoms with Crippen LogP contribution in [0.4, 0.5) is 0 Å². The molecule has 0 aromatic heterocycles. The van der Waals surface area contributed by atoms with Gasteiger partial charge in [-0.15, -0.1) is 23.5 Å². The average molecular weight is 493 g/mol. The molecule has 2 saturated carbocycles. The highest BCUT2D eigenvalue weighted by molar-refractivity contribution is 8.38. The van der Waals surface area contributed by atoms with E-state index in [1.807, 2.05) is 36.8 Å². The van der Waals surface area contributed by atoms with E-state index >= 15 is 0 Å². The standard InChI is InChI=1S/C24H32N2O3S3/c1-6-16-9-7-8-10-17(16)13-19(25-22(30-4)31-5)21(27)26-20-14-18-11-12-24(20,23(18,2)3)15-32(26,28)29/h6-10,18-20H,1,11-15H2,2-5H3/t18?,19-,20?,24?/m0/s1. The van der Waals surface area contributed by atoms with Crippen molar-refractivity contribution in [1.82, 2.24) is 4.31 Å². The summed E-state index contributed by atoms with van der Waals surface area (Å²) in [5, 5.41) is 0. The predicted octanol–water partition coefficient (Wildman–Crippen LogP) is 4.69. The van der Waals surface area contributed by atoms with E-state index in [2.05, 4.69) is 20.4 Å². The summed E-state index contributed by atoms with van der Waals surface area (Å²) in [4.78, 5) is 18.7. The van der Waals surface area contributed by atoms with Crippen LogP contribution in [0.3, 0.4) is 0 Å². The average Bonchev–Trinajstić information content (AvgIpc) is 3.24. The van der Waals surface area contributed by atoms with Gasteiger partial charge in [0.1, 0.15) is 10.4 Å². The maximum Gasteiger partial charge on any atom is 0.261 e. The Balaban J connectivity index is 1.74. The second-order valence-electron chi connectivity index (χ2n) is 9.68. The zero-order valence-corrected chi connectivity index (χ0v) is 21.7. The topological polar surface area (TPSA) is 66.8 Å². The van der Waals surface area contributed by atoms with Crippen molar-refractivity contribution >= 4 is 49.9 Å². The number of nitrogens with zero attached hydrogens (tertiary/aromatic N) is 2. The molecular formula is C24H32N2O3S3. The molecule has 3 unspecified atom stereocenters. The van der Waals surface area contributed by atoms with Crippen molar-refractivity contribution in [3.8, 4) is 0 Å². The monoisotopic (exact) mass is 492 g/mol. The number of sulfonamides is 1. The van der Waals surface area contributed by atoms with Crippen LogP contribution in [0.1, 0.15) is 44.2 Å². The van der Waals surface area contributed by atoms with Gasteiger partial charge in [0, 0.05) is 11.8 Å². The first-order valence-corrected chi connectivity index (χ1v) is 15.1. The Bertz CT molecular complexity index is 1060. The predicted molar refractivity (Wildman–Crippen MR) is 136 cm³/mol. The minimum atomic E-state index is -3.68. The Morgan fingerprint density at radius 3 is 2.62 bits per heavy atom. The van der Waals surface area contributed by atoms with E-state index in [1.54, 1.807) is 6.08 Å². The van der Waals surface area contributed by atoms with E-state index in [0.29, 0.717) is 12.3 Å². The van der Waals surface area contributed by atoms with Gasteiger partial charge in [-0.1, -0.05) is 50.8 Å². The summed E-state index contributed by atoms with van der Waals surface area (Å²) in [5.41, 5.74) is 1.49. The number of hydrogen-bond acceptors (Lipinski definition) is 6. The Hall–Kier alpha value is -1.25. The zero-order chi connectivity index (χ0) is 23.3. The van der Waals surface area contributed by atoms with E-state index in [9.17, 15) is 13.2 Å². The lowest BCUT2D eigenvalue weighted by Crippen LogP contribution is -2.48. The molecule has 2 aliphatic carbocycles. The van der Waals surface area contributed by atoms with Crippen molar-refractivity contribution in [3.63, 3.8) is 0 Å². The molecule has 1 aliphatic heterocycles. The number of carbonyl (C=O) groups excluding carboxylic acids is 1. The fourth-order valence-electron chi connectivity index (χ4n) is 6.36. The molecule has 0 N–H and O–H groups in total. The van der Waals surface area contributed by atoms with Gasteiger partial charge in [0.15, 0.2) is 0 Å². The molecule has 4 rings (SSSR count). The number of rotatable bonds is 5. The van der Waals surface area contributed by atoms with Crippen LogP contribution in [0, 0.1) is 16.7 Å². The number of aliphatic imine (C=N–C) groups is 1. The molecule has 32 heavy (non-hydrogen) atoms. The molecule has 1 aromatic carbocycles. The highest BCUT2D eigenvalue weighted by atomic mass is 32.2. The Morgan fingerprint density at radius 1 is 1.31 bits per heavy atom. The Kier molecular flexibility index (Phi) is 6.36. The summed E-state index contributed by atoms with van der Waals surface area (Å²) in [6, 6.07) is 6.76. The molecular weight excluding hydrogens is 460 g/mol. The SMILES string of the molecule is C=Cc1ccccc1C[C@H](N=C(SC)SC)C(=O)N1C2CC3CCC2(CS1(=O)=O)C3(C)C. The zero-order valence-electron chi connectivity index (χ0n) is 19.2. The van der Waals surface area contributed by atoms with Gasteiger partial charge in [0.2, 0.25) is 10.0 Å². The first-order chi connectivity index (χ1) is 15.1. The van der Waals surface area contributed by atoms with E-state index in [1.165, 1.54) is 27.8 Å². The van der Waals surface area contributed by atoms with Crippen LogP contribution in [0.15, 0.2) is 35.8 Å². The molecule has 3 aliphatic rings. The molecule has 174 valence electrons. The van der Waals surface area contributed by atoms with Gasteiger partial charge in [0.25, 0.3) is 5.91 Å². The van der Waals surface area contributed by atoms with Crippen LogP contribution >= 0.6 is 23.5 Å². The lowest BCUT2D eigenvalue weighted by atomic mass is 9.69. The minimum absolute atomic E-state index is 0.0718. The minimum Gasteiger partial charge on any atom is -0.271 e. The van der Waals surface area contributed by atoms with Gasteiger partial charge < -0.3 is 0 Å². The number of thioether (sulfide) groups is 2. The van der Waals surface area contributed by atoms with Gasteiger partial charge in [-0.2, -0.15) is 0 Å². The third kappa shape index (κ3) is 3.57. The second kappa shape index (κ2) is 8.51. The largest absolute Gasteiger partial charge is 0.271 e. The maximum atomic E-state index is 14.0. The van der Waals surface area contributed by atoms with Crippen molar-refractivity contribution in [2.45, 2.75) is 51.6 Å². The maximum absolute atomic E-state index is 14.0. The van der Waals surface area contributed by atoms with Gasteiger partial charge in [-0.05, 0) is 54.2 Å². The normalized spacial score (nSPS) is 30.1. The Labute approximate surface area is 200 Å². The lowest BCUT2D eigenvalue weighted by molar-refractivity contribution is -0.130. The fourth-order valence-corrected chi connectivity index (χ4v) is 10.1. The van der Waals surface area contributed by atoms with Crippen LogP contribution in [0.2, 0.25) is 0 Å². The van der Waals surface area contributed by atoms with Gasteiger partial charge in [0.05, 0.1) is 11.8 Å². The molecule has 2 bridgehead atoms. The summed E-state index contributed by atoms with van der Waals surface area (Å²) in [6.45, 7) is 8.28. The molecule has 1 saturated heterocycles. The van der Waals surface area contributed by atoms with Crippen LogP contribution in [0.25, 0.3) is 6.08 Å². The smallest absolute Gasteiger partial charge is 0.261 e. The quantitative estimate of drug-likeness (QED) is 0.441.